The summed E-state index contributed by atoms with van der Waals surface area (Å²) in [5.74, 6) is -0.0762. The zero-order chi connectivity index (χ0) is 13.3. The Labute approximate surface area is 110 Å². The average molecular weight is 271 g/mol. The van der Waals surface area contributed by atoms with Crippen molar-refractivity contribution in [3.05, 3.63) is 29.6 Å². The van der Waals surface area contributed by atoms with Crippen molar-refractivity contribution in [2.75, 3.05) is 6.61 Å². The van der Waals surface area contributed by atoms with Gasteiger partial charge in [-0.2, -0.15) is 0 Å². The first kappa shape index (κ1) is 13.6. The van der Waals surface area contributed by atoms with Crippen LogP contribution in [0.5, 0.6) is 5.75 Å². The Morgan fingerprint density at radius 3 is 2.83 bits per heavy atom. The lowest BCUT2D eigenvalue weighted by Gasteiger charge is -2.31. The zero-order valence-corrected chi connectivity index (χ0v) is 11.6. The molecule has 100 valence electrons. The number of nitrogens with one attached hydrogen (secondary N) is 1. The highest BCUT2D eigenvalue weighted by Gasteiger charge is 2.33. The summed E-state index contributed by atoms with van der Waals surface area (Å²) in [5.41, 5.74) is 0.749. The molecule has 2 atom stereocenters. The summed E-state index contributed by atoms with van der Waals surface area (Å²) in [7, 11) is 0. The number of halogens is 1. The molecule has 0 bridgehead atoms. The second kappa shape index (κ2) is 5.07. The van der Waals surface area contributed by atoms with Crippen LogP contribution in [0.1, 0.15) is 38.8 Å². The van der Waals surface area contributed by atoms with Crippen LogP contribution in [0.2, 0.25) is 0 Å². The quantitative estimate of drug-likeness (QED) is 0.841. The lowest BCUT2D eigenvalue weighted by Crippen LogP contribution is -2.42. The van der Waals surface area contributed by atoms with E-state index < -0.39 is 11.4 Å². The van der Waals surface area contributed by atoms with Crippen molar-refractivity contribution in [1.82, 2.24) is 4.72 Å². The summed E-state index contributed by atoms with van der Waals surface area (Å²) in [6.07, 6.45) is 0.693. The highest BCUT2D eigenvalue weighted by molar-refractivity contribution is 7.90. The molecule has 0 aromatic heterocycles. The minimum Gasteiger partial charge on any atom is -0.598 e. The minimum absolute atomic E-state index is 0.121. The van der Waals surface area contributed by atoms with Crippen molar-refractivity contribution < 1.29 is 13.7 Å². The summed E-state index contributed by atoms with van der Waals surface area (Å²) in [5, 5.41) is 0. The fourth-order valence-corrected chi connectivity index (χ4v) is 2.67. The van der Waals surface area contributed by atoms with Crippen LogP contribution in [0.3, 0.4) is 0 Å². The molecule has 2 rings (SSSR count). The number of hydrogen-bond acceptors (Lipinski definition) is 3. The Balaban J connectivity index is 2.21. The third kappa shape index (κ3) is 2.79. The smallest absolute Gasteiger partial charge is 0.165 e. The van der Waals surface area contributed by atoms with Crippen molar-refractivity contribution in [3.8, 4) is 5.75 Å². The maximum atomic E-state index is 13.6. The summed E-state index contributed by atoms with van der Waals surface area (Å²) in [6.45, 7) is 6.15. The molecular formula is C13H18FNO2S. The third-order valence-electron chi connectivity index (χ3n) is 2.83. The van der Waals surface area contributed by atoms with Gasteiger partial charge in [0, 0.05) is 23.3 Å². The molecule has 0 saturated carbocycles. The Kier molecular flexibility index (Phi) is 3.84. The van der Waals surface area contributed by atoms with Crippen LogP contribution in [0.15, 0.2) is 18.2 Å². The van der Waals surface area contributed by atoms with Crippen molar-refractivity contribution in [3.63, 3.8) is 0 Å². The van der Waals surface area contributed by atoms with Gasteiger partial charge in [0.25, 0.3) is 0 Å². The first-order valence-electron chi connectivity index (χ1n) is 5.99. The van der Waals surface area contributed by atoms with Crippen LogP contribution in [0, 0.1) is 5.82 Å². The predicted molar refractivity (Wildman–Crippen MR) is 70.3 cm³/mol. The molecule has 0 amide bonds. The molecule has 1 N–H and O–H groups in total. The number of rotatable bonds is 2. The number of hydrogen-bond donors (Lipinski definition) is 1. The Hall–Kier alpha value is -0.780. The monoisotopic (exact) mass is 271 g/mol. The molecular weight excluding hydrogens is 253 g/mol. The molecule has 1 aliphatic rings. The second-order valence-electron chi connectivity index (χ2n) is 5.35. The van der Waals surface area contributed by atoms with Gasteiger partial charge in [0.05, 0.1) is 12.6 Å². The number of para-hydroxylation sites is 1. The molecule has 0 spiro atoms. The van der Waals surface area contributed by atoms with Crippen molar-refractivity contribution in [2.45, 2.75) is 38.0 Å². The number of fused-ring (bicyclic) bond motifs is 1. The fourth-order valence-electron chi connectivity index (χ4n) is 1.81. The van der Waals surface area contributed by atoms with Gasteiger partial charge in [0.15, 0.2) is 11.6 Å². The summed E-state index contributed by atoms with van der Waals surface area (Å²) in [6, 6.07) is 4.72. The summed E-state index contributed by atoms with van der Waals surface area (Å²) >= 11 is -1.18. The van der Waals surface area contributed by atoms with Crippen LogP contribution in [0.25, 0.3) is 0 Å². The van der Waals surface area contributed by atoms with E-state index in [0.717, 1.165) is 5.56 Å². The first-order valence-corrected chi connectivity index (χ1v) is 7.14. The Morgan fingerprint density at radius 2 is 2.17 bits per heavy atom. The lowest BCUT2D eigenvalue weighted by atomic mass is 10.0. The molecule has 1 aromatic rings. The maximum absolute atomic E-state index is 13.6. The highest BCUT2D eigenvalue weighted by Crippen LogP contribution is 2.35. The van der Waals surface area contributed by atoms with E-state index in [9.17, 15) is 8.94 Å². The Morgan fingerprint density at radius 1 is 1.44 bits per heavy atom. The third-order valence-corrected chi connectivity index (χ3v) is 4.44. The largest absolute Gasteiger partial charge is 0.598 e. The predicted octanol–water partition coefficient (Wildman–Crippen LogP) is 2.70. The van der Waals surface area contributed by atoms with Gasteiger partial charge < -0.3 is 9.29 Å². The SMILES string of the molecule is CC(C)(C)[S+]([O-])N[C@H]1CCOc2c(F)cccc21. The molecule has 5 heteroatoms. The van der Waals surface area contributed by atoms with E-state index in [4.69, 9.17) is 4.74 Å². The molecule has 1 aliphatic heterocycles. The average Bonchev–Trinajstić information content (AvgIpc) is 2.29. The molecule has 1 heterocycles. The topological polar surface area (TPSA) is 44.3 Å². The van der Waals surface area contributed by atoms with Gasteiger partial charge in [0.2, 0.25) is 0 Å². The lowest BCUT2D eigenvalue weighted by molar-refractivity contribution is 0.249. The van der Waals surface area contributed by atoms with E-state index in [0.29, 0.717) is 13.0 Å². The van der Waals surface area contributed by atoms with Gasteiger partial charge in [0.1, 0.15) is 4.75 Å². The molecule has 1 aromatic carbocycles. The van der Waals surface area contributed by atoms with Crippen molar-refractivity contribution in [2.24, 2.45) is 0 Å². The van der Waals surface area contributed by atoms with E-state index in [1.807, 2.05) is 26.8 Å². The molecule has 0 aliphatic carbocycles. The van der Waals surface area contributed by atoms with Crippen molar-refractivity contribution in [1.29, 1.82) is 0 Å². The van der Waals surface area contributed by atoms with E-state index in [1.54, 1.807) is 6.07 Å². The van der Waals surface area contributed by atoms with Crippen LogP contribution >= 0.6 is 0 Å². The van der Waals surface area contributed by atoms with Crippen LogP contribution in [0.4, 0.5) is 4.39 Å². The number of benzene rings is 1. The van der Waals surface area contributed by atoms with Crippen LogP contribution in [-0.2, 0) is 11.4 Å². The van der Waals surface area contributed by atoms with E-state index >= 15 is 0 Å². The molecule has 3 nitrogen and oxygen atoms in total. The normalized spacial score (nSPS) is 21.1. The van der Waals surface area contributed by atoms with E-state index in [1.165, 1.54) is 6.07 Å². The van der Waals surface area contributed by atoms with Crippen molar-refractivity contribution >= 4 is 11.4 Å². The number of ether oxygens (including phenoxy) is 1. The molecule has 18 heavy (non-hydrogen) atoms. The molecule has 0 radical (unpaired) electrons. The standard InChI is InChI=1S/C13H18FNO2S/c1-13(2,3)18(16)15-11-7-8-17-12-9(11)5-4-6-10(12)14/h4-6,11,15H,7-8H2,1-3H3/t11-,18?/m0/s1. The zero-order valence-electron chi connectivity index (χ0n) is 10.8. The molecule has 1 unspecified atom stereocenters. The van der Waals surface area contributed by atoms with Gasteiger partial charge in [-0.25, -0.2) is 4.39 Å². The Bertz CT molecular complexity index is 433. The van der Waals surface area contributed by atoms with Crippen LogP contribution in [-0.4, -0.2) is 15.9 Å². The maximum Gasteiger partial charge on any atom is 0.165 e. The fraction of sp³-hybridized carbons (Fsp3) is 0.538. The summed E-state index contributed by atoms with van der Waals surface area (Å²) in [4.78, 5) is 0. The van der Waals surface area contributed by atoms with Gasteiger partial charge in [-0.1, -0.05) is 12.1 Å². The van der Waals surface area contributed by atoms with Gasteiger partial charge in [-0.15, -0.1) is 4.72 Å². The highest BCUT2D eigenvalue weighted by atomic mass is 32.2. The molecule has 0 saturated heterocycles. The van der Waals surface area contributed by atoms with E-state index in [-0.39, 0.29) is 22.4 Å². The van der Waals surface area contributed by atoms with Gasteiger partial charge in [-0.05, 0) is 26.8 Å². The molecule has 0 fully saturated rings. The first-order chi connectivity index (χ1) is 8.39. The van der Waals surface area contributed by atoms with Crippen LogP contribution < -0.4 is 9.46 Å². The minimum atomic E-state index is -1.18. The second-order valence-corrected chi connectivity index (χ2v) is 7.34. The van der Waals surface area contributed by atoms with Gasteiger partial charge in [-0.3, -0.25) is 0 Å². The van der Waals surface area contributed by atoms with Gasteiger partial charge >= 0.3 is 0 Å². The van der Waals surface area contributed by atoms with E-state index in [2.05, 4.69) is 4.72 Å². The summed E-state index contributed by atoms with van der Waals surface area (Å²) < 4.78 is 33.7.